The van der Waals surface area contributed by atoms with Crippen molar-refractivity contribution in [3.05, 3.63) is 82.3 Å². The molecule has 0 aliphatic rings. The van der Waals surface area contributed by atoms with Crippen LogP contribution in [0.3, 0.4) is 0 Å². The highest BCUT2D eigenvalue weighted by atomic mass is 32.1. The second-order valence-corrected chi connectivity index (χ2v) is 7.33. The number of aromatic nitrogens is 2. The highest BCUT2D eigenvalue weighted by Crippen LogP contribution is 2.25. The Hall–Kier alpha value is -2.83. The van der Waals surface area contributed by atoms with Crippen LogP contribution in [0, 0.1) is 0 Å². The molecule has 0 saturated heterocycles. The molecule has 26 heavy (non-hydrogen) atoms. The van der Waals surface area contributed by atoms with Gasteiger partial charge in [-0.15, -0.1) is 11.3 Å². The van der Waals surface area contributed by atoms with Crippen molar-refractivity contribution in [2.75, 3.05) is 0 Å². The monoisotopic (exact) mass is 377 g/mol. The zero-order valence-electron chi connectivity index (χ0n) is 13.8. The summed E-state index contributed by atoms with van der Waals surface area (Å²) >= 11 is 3.29. The molecule has 6 heteroatoms. The van der Waals surface area contributed by atoms with Gasteiger partial charge in [0.2, 0.25) is 0 Å². The third-order valence-corrected chi connectivity index (χ3v) is 5.54. The van der Waals surface area contributed by atoms with Crippen molar-refractivity contribution in [1.29, 1.82) is 0 Å². The molecule has 1 amide bonds. The van der Waals surface area contributed by atoms with E-state index in [1.807, 2.05) is 52.5 Å². The Morgan fingerprint density at radius 2 is 1.81 bits per heavy atom. The molecule has 128 valence electrons. The summed E-state index contributed by atoms with van der Waals surface area (Å²) in [6.45, 7) is 0.338. The van der Waals surface area contributed by atoms with Gasteiger partial charge < -0.3 is 5.32 Å². The molecule has 0 saturated carbocycles. The molecule has 0 fully saturated rings. The van der Waals surface area contributed by atoms with Crippen LogP contribution in [0.2, 0.25) is 0 Å². The van der Waals surface area contributed by atoms with Crippen molar-refractivity contribution in [3.63, 3.8) is 0 Å². The molecule has 0 radical (unpaired) electrons. The third kappa shape index (κ3) is 3.56. The van der Waals surface area contributed by atoms with Gasteiger partial charge in [0, 0.05) is 33.8 Å². The molecular formula is C20H15N3OS2. The number of carbonyl (C=O) groups excluding carboxylic acids is 1. The van der Waals surface area contributed by atoms with E-state index >= 15 is 0 Å². The lowest BCUT2D eigenvalue weighted by molar-refractivity contribution is 0.0950. The van der Waals surface area contributed by atoms with E-state index < -0.39 is 0 Å². The largest absolute Gasteiger partial charge is 0.346 e. The molecular weight excluding hydrogens is 362 g/mol. The average Bonchev–Trinajstić information content (AvgIpc) is 3.40. The first-order chi connectivity index (χ1) is 12.8. The van der Waals surface area contributed by atoms with Gasteiger partial charge in [-0.25, -0.2) is 0 Å². The fourth-order valence-corrected chi connectivity index (χ4v) is 4.00. The van der Waals surface area contributed by atoms with Gasteiger partial charge in [0.15, 0.2) is 0 Å². The van der Waals surface area contributed by atoms with Gasteiger partial charge in [-0.05, 0) is 40.6 Å². The Morgan fingerprint density at radius 1 is 0.962 bits per heavy atom. The van der Waals surface area contributed by atoms with E-state index in [0.717, 1.165) is 22.5 Å². The lowest BCUT2D eigenvalue weighted by Crippen LogP contribution is -2.23. The molecule has 1 N–H and O–H groups in total. The number of nitrogens with zero attached hydrogens (tertiary/aromatic N) is 2. The van der Waals surface area contributed by atoms with Crippen LogP contribution in [0.5, 0.6) is 0 Å². The van der Waals surface area contributed by atoms with Gasteiger partial charge in [0.05, 0.1) is 17.9 Å². The summed E-state index contributed by atoms with van der Waals surface area (Å²) in [5.41, 5.74) is 4.33. The maximum Gasteiger partial charge on any atom is 0.251 e. The normalized spacial score (nSPS) is 10.6. The summed E-state index contributed by atoms with van der Waals surface area (Å²) in [5.74, 6) is -0.121. The summed E-state index contributed by atoms with van der Waals surface area (Å²) in [4.78, 5) is 22.4. The predicted molar refractivity (Wildman–Crippen MR) is 106 cm³/mol. The molecule has 0 spiro atoms. The van der Waals surface area contributed by atoms with E-state index in [9.17, 15) is 4.79 Å². The molecule has 1 aromatic carbocycles. The minimum Gasteiger partial charge on any atom is -0.346 e. The summed E-state index contributed by atoms with van der Waals surface area (Å²) in [6.07, 6.45) is 3.31. The molecule has 4 nitrogen and oxygen atoms in total. The summed E-state index contributed by atoms with van der Waals surface area (Å²) in [5, 5.41) is 9.01. The van der Waals surface area contributed by atoms with Crippen molar-refractivity contribution in [1.82, 2.24) is 15.3 Å². The standard InChI is InChI=1S/C20H15N3OS2/c24-20(15-5-3-14(4-6-15)18-2-1-10-26-18)23-12-17-19(22-9-8-21-17)16-7-11-25-13-16/h1-11,13H,12H2,(H,23,24). The highest BCUT2D eigenvalue weighted by molar-refractivity contribution is 7.13. The molecule has 0 unspecified atom stereocenters. The minimum atomic E-state index is -0.121. The number of carbonyl (C=O) groups is 1. The number of hydrogen-bond acceptors (Lipinski definition) is 5. The molecule has 0 atom stereocenters. The summed E-state index contributed by atoms with van der Waals surface area (Å²) in [7, 11) is 0. The third-order valence-electron chi connectivity index (χ3n) is 3.94. The second-order valence-electron chi connectivity index (χ2n) is 5.60. The topological polar surface area (TPSA) is 54.9 Å². The number of nitrogens with one attached hydrogen (secondary N) is 1. The molecule has 3 aromatic heterocycles. The van der Waals surface area contributed by atoms with Crippen molar-refractivity contribution in [3.8, 4) is 21.7 Å². The average molecular weight is 377 g/mol. The van der Waals surface area contributed by atoms with Crippen molar-refractivity contribution >= 4 is 28.6 Å². The summed E-state index contributed by atoms with van der Waals surface area (Å²) < 4.78 is 0. The van der Waals surface area contributed by atoms with Gasteiger partial charge in [-0.2, -0.15) is 11.3 Å². The van der Waals surface area contributed by atoms with Crippen molar-refractivity contribution in [2.24, 2.45) is 0 Å². The first-order valence-corrected chi connectivity index (χ1v) is 9.88. The SMILES string of the molecule is O=C(NCc1nccnc1-c1ccsc1)c1ccc(-c2cccs2)cc1. The molecule has 0 bridgehead atoms. The lowest BCUT2D eigenvalue weighted by Gasteiger charge is -2.08. The van der Waals surface area contributed by atoms with E-state index in [-0.39, 0.29) is 5.91 Å². The van der Waals surface area contributed by atoms with Crippen LogP contribution < -0.4 is 5.32 Å². The van der Waals surface area contributed by atoms with Crippen LogP contribution in [0.1, 0.15) is 16.1 Å². The van der Waals surface area contributed by atoms with Gasteiger partial charge in [-0.1, -0.05) is 18.2 Å². The van der Waals surface area contributed by atoms with E-state index in [4.69, 9.17) is 0 Å². The van der Waals surface area contributed by atoms with Crippen molar-refractivity contribution in [2.45, 2.75) is 6.54 Å². The Kier molecular flexibility index (Phi) is 4.86. The molecule has 3 heterocycles. The predicted octanol–water partition coefficient (Wildman–Crippen LogP) is 4.86. The minimum absolute atomic E-state index is 0.121. The molecule has 0 aliphatic heterocycles. The zero-order valence-corrected chi connectivity index (χ0v) is 15.4. The van der Waals surface area contributed by atoms with Gasteiger partial charge in [-0.3, -0.25) is 14.8 Å². The van der Waals surface area contributed by atoms with E-state index in [1.54, 1.807) is 35.1 Å². The van der Waals surface area contributed by atoms with Gasteiger partial charge in [0.25, 0.3) is 5.91 Å². The first kappa shape index (κ1) is 16.6. The number of thiophene rings is 2. The van der Waals surface area contributed by atoms with Crippen LogP contribution in [0.4, 0.5) is 0 Å². The van der Waals surface area contributed by atoms with Crippen LogP contribution >= 0.6 is 22.7 Å². The van der Waals surface area contributed by atoms with Crippen LogP contribution in [0.25, 0.3) is 21.7 Å². The quantitative estimate of drug-likeness (QED) is 0.540. The molecule has 4 rings (SSSR count). The van der Waals surface area contributed by atoms with Gasteiger partial charge in [0.1, 0.15) is 0 Å². The van der Waals surface area contributed by atoms with E-state index in [0.29, 0.717) is 12.1 Å². The van der Waals surface area contributed by atoms with Crippen LogP contribution in [-0.4, -0.2) is 15.9 Å². The number of amides is 1. The smallest absolute Gasteiger partial charge is 0.251 e. The lowest BCUT2D eigenvalue weighted by atomic mass is 10.1. The summed E-state index contributed by atoms with van der Waals surface area (Å²) in [6, 6.07) is 13.7. The first-order valence-electron chi connectivity index (χ1n) is 8.06. The molecule has 4 aromatic rings. The van der Waals surface area contributed by atoms with Gasteiger partial charge >= 0.3 is 0 Å². The Morgan fingerprint density at radius 3 is 2.54 bits per heavy atom. The number of benzene rings is 1. The maximum atomic E-state index is 12.5. The van der Waals surface area contributed by atoms with Crippen molar-refractivity contribution < 1.29 is 4.79 Å². The number of rotatable bonds is 5. The van der Waals surface area contributed by atoms with Crippen LogP contribution in [0.15, 0.2) is 71.0 Å². The maximum absolute atomic E-state index is 12.5. The van der Waals surface area contributed by atoms with E-state index in [2.05, 4.69) is 21.4 Å². The molecule has 0 aliphatic carbocycles. The number of hydrogen-bond donors (Lipinski definition) is 1. The fourth-order valence-electron chi connectivity index (χ4n) is 2.63. The second kappa shape index (κ2) is 7.59. The van der Waals surface area contributed by atoms with E-state index in [1.165, 1.54) is 4.88 Å². The zero-order chi connectivity index (χ0) is 17.8. The fraction of sp³-hybridized carbons (Fsp3) is 0.0500. The Bertz CT molecular complexity index is 994. The Balaban J connectivity index is 1.46. The van der Waals surface area contributed by atoms with Crippen LogP contribution in [-0.2, 0) is 6.54 Å². The highest BCUT2D eigenvalue weighted by Gasteiger charge is 2.11. The Labute approximate surface area is 159 Å².